The van der Waals surface area contributed by atoms with Crippen molar-refractivity contribution in [2.75, 3.05) is 0 Å². The summed E-state index contributed by atoms with van der Waals surface area (Å²) in [7, 11) is 0. The summed E-state index contributed by atoms with van der Waals surface area (Å²) in [6.45, 7) is 9.35. The molecule has 0 N–H and O–H groups in total. The third-order valence-electron chi connectivity index (χ3n) is 2.72. The zero-order valence-electron chi connectivity index (χ0n) is 9.40. The lowest BCUT2D eigenvalue weighted by atomic mass is 9.93. The van der Waals surface area contributed by atoms with E-state index in [9.17, 15) is 0 Å². The van der Waals surface area contributed by atoms with Gasteiger partial charge >= 0.3 is 0 Å². The van der Waals surface area contributed by atoms with Gasteiger partial charge in [0.05, 0.1) is 0 Å². The van der Waals surface area contributed by atoms with Gasteiger partial charge in [-0.15, -0.1) is 0 Å². The SMILES string of the molecule is CCCC(C)CCC(C)CCC. The van der Waals surface area contributed by atoms with E-state index >= 15 is 0 Å². The molecule has 0 amide bonds. The molecule has 0 saturated carbocycles. The molecule has 0 aliphatic heterocycles. The first-order chi connectivity index (χ1) is 5.70. The van der Waals surface area contributed by atoms with Crippen molar-refractivity contribution >= 4 is 0 Å². The molecule has 12 heavy (non-hydrogen) atoms. The lowest BCUT2D eigenvalue weighted by molar-refractivity contribution is 0.393. The zero-order valence-corrected chi connectivity index (χ0v) is 9.40. The van der Waals surface area contributed by atoms with Gasteiger partial charge in [0.15, 0.2) is 0 Å². The molecule has 0 fully saturated rings. The molecule has 0 bridgehead atoms. The summed E-state index contributed by atoms with van der Waals surface area (Å²) >= 11 is 0. The minimum absolute atomic E-state index is 0.953. The van der Waals surface area contributed by atoms with Crippen molar-refractivity contribution in [3.8, 4) is 0 Å². The maximum atomic E-state index is 2.39. The Kier molecular flexibility index (Phi) is 7.64. The summed E-state index contributed by atoms with van der Waals surface area (Å²) in [5, 5.41) is 0. The maximum absolute atomic E-state index is 2.39. The quantitative estimate of drug-likeness (QED) is 0.522. The predicted octanol–water partition coefficient (Wildman–Crippen LogP) is 4.64. The van der Waals surface area contributed by atoms with Crippen LogP contribution >= 0.6 is 0 Å². The highest BCUT2D eigenvalue weighted by atomic mass is 14.1. The van der Waals surface area contributed by atoms with Gasteiger partial charge in [0, 0.05) is 0 Å². The van der Waals surface area contributed by atoms with E-state index in [-0.39, 0.29) is 0 Å². The third kappa shape index (κ3) is 6.69. The largest absolute Gasteiger partial charge is 0.0654 e. The summed E-state index contributed by atoms with van der Waals surface area (Å²) < 4.78 is 0. The minimum atomic E-state index is 0.953. The molecule has 2 unspecified atom stereocenters. The first-order valence-electron chi connectivity index (χ1n) is 5.70. The van der Waals surface area contributed by atoms with E-state index in [1.807, 2.05) is 0 Å². The molecule has 0 rings (SSSR count). The smallest absolute Gasteiger partial charge is 0.0443 e. The minimum Gasteiger partial charge on any atom is -0.0654 e. The normalized spacial score (nSPS) is 16.0. The lowest BCUT2D eigenvalue weighted by Gasteiger charge is -2.13. The van der Waals surface area contributed by atoms with E-state index in [4.69, 9.17) is 0 Å². The van der Waals surface area contributed by atoms with Crippen LogP contribution in [0.1, 0.15) is 66.2 Å². The lowest BCUT2D eigenvalue weighted by Crippen LogP contribution is -1.99. The van der Waals surface area contributed by atoms with Gasteiger partial charge in [0.2, 0.25) is 0 Å². The summed E-state index contributed by atoms with van der Waals surface area (Å²) in [6, 6.07) is 0. The zero-order chi connectivity index (χ0) is 9.40. The molecule has 0 aromatic rings. The topological polar surface area (TPSA) is 0 Å². The van der Waals surface area contributed by atoms with Crippen molar-refractivity contribution in [3.63, 3.8) is 0 Å². The van der Waals surface area contributed by atoms with E-state index in [0.29, 0.717) is 0 Å². The Morgan fingerprint density at radius 3 is 1.25 bits per heavy atom. The average Bonchev–Trinajstić information content (AvgIpc) is 2.02. The van der Waals surface area contributed by atoms with Crippen LogP contribution in [0.15, 0.2) is 0 Å². The van der Waals surface area contributed by atoms with Crippen LogP contribution in [0.25, 0.3) is 0 Å². The van der Waals surface area contributed by atoms with Crippen molar-refractivity contribution in [2.24, 2.45) is 11.8 Å². The van der Waals surface area contributed by atoms with Gasteiger partial charge in [-0.2, -0.15) is 0 Å². The van der Waals surface area contributed by atoms with Crippen LogP contribution in [-0.2, 0) is 0 Å². The van der Waals surface area contributed by atoms with Crippen molar-refractivity contribution < 1.29 is 0 Å². The molecule has 0 nitrogen and oxygen atoms in total. The van der Waals surface area contributed by atoms with E-state index in [0.717, 1.165) is 11.8 Å². The molecule has 0 heterocycles. The number of hydrogen-bond acceptors (Lipinski definition) is 0. The molecular formula is C12H26. The second-order valence-electron chi connectivity index (χ2n) is 4.37. The van der Waals surface area contributed by atoms with Crippen molar-refractivity contribution in [3.05, 3.63) is 0 Å². The number of rotatable bonds is 7. The highest BCUT2D eigenvalue weighted by Gasteiger charge is 2.04. The van der Waals surface area contributed by atoms with Gasteiger partial charge < -0.3 is 0 Å². The Labute approximate surface area is 78.8 Å². The van der Waals surface area contributed by atoms with Crippen LogP contribution in [0, 0.1) is 11.8 Å². The van der Waals surface area contributed by atoms with Crippen LogP contribution in [0.3, 0.4) is 0 Å². The molecule has 0 aliphatic carbocycles. The van der Waals surface area contributed by atoms with Crippen molar-refractivity contribution in [2.45, 2.75) is 66.2 Å². The summed E-state index contributed by atoms with van der Waals surface area (Å²) in [6.07, 6.45) is 8.41. The maximum Gasteiger partial charge on any atom is -0.0443 e. The molecule has 0 heteroatoms. The van der Waals surface area contributed by atoms with Crippen LogP contribution in [0.2, 0.25) is 0 Å². The molecular weight excluding hydrogens is 144 g/mol. The molecule has 0 aliphatic rings. The second kappa shape index (κ2) is 7.64. The Hall–Kier alpha value is 0. The first-order valence-corrected chi connectivity index (χ1v) is 5.70. The van der Waals surface area contributed by atoms with E-state index in [2.05, 4.69) is 27.7 Å². The van der Waals surface area contributed by atoms with Crippen LogP contribution in [-0.4, -0.2) is 0 Å². The molecule has 0 spiro atoms. The van der Waals surface area contributed by atoms with Gasteiger partial charge in [0.1, 0.15) is 0 Å². The summed E-state index contributed by atoms with van der Waals surface area (Å²) in [4.78, 5) is 0. The Balaban J connectivity index is 3.27. The monoisotopic (exact) mass is 170 g/mol. The molecule has 0 saturated heterocycles. The first kappa shape index (κ1) is 12.0. The van der Waals surface area contributed by atoms with Gasteiger partial charge in [-0.3, -0.25) is 0 Å². The molecule has 74 valence electrons. The Bertz CT molecular complexity index is 74.0. The van der Waals surface area contributed by atoms with Crippen LogP contribution in [0.5, 0.6) is 0 Å². The van der Waals surface area contributed by atoms with Crippen molar-refractivity contribution in [1.82, 2.24) is 0 Å². The van der Waals surface area contributed by atoms with Crippen molar-refractivity contribution in [1.29, 1.82) is 0 Å². The fourth-order valence-electron chi connectivity index (χ4n) is 1.84. The van der Waals surface area contributed by atoms with E-state index in [1.54, 1.807) is 0 Å². The highest BCUT2D eigenvalue weighted by molar-refractivity contribution is 4.57. The summed E-state index contributed by atoms with van der Waals surface area (Å²) in [5.41, 5.74) is 0. The number of hydrogen-bond donors (Lipinski definition) is 0. The molecule has 2 atom stereocenters. The molecule has 0 aromatic carbocycles. The van der Waals surface area contributed by atoms with E-state index < -0.39 is 0 Å². The highest BCUT2D eigenvalue weighted by Crippen LogP contribution is 2.19. The Morgan fingerprint density at radius 1 is 0.667 bits per heavy atom. The summed E-state index contributed by atoms with van der Waals surface area (Å²) in [5.74, 6) is 1.91. The predicted molar refractivity (Wildman–Crippen MR) is 57.4 cm³/mol. The standard InChI is InChI=1S/C12H26/c1-5-7-11(3)9-10-12(4)8-6-2/h11-12H,5-10H2,1-4H3. The average molecular weight is 170 g/mol. The van der Waals surface area contributed by atoms with Crippen LogP contribution < -0.4 is 0 Å². The fourth-order valence-corrected chi connectivity index (χ4v) is 1.84. The van der Waals surface area contributed by atoms with Gasteiger partial charge in [-0.1, -0.05) is 66.2 Å². The van der Waals surface area contributed by atoms with Gasteiger partial charge in [0.25, 0.3) is 0 Å². The fraction of sp³-hybridized carbons (Fsp3) is 1.00. The third-order valence-corrected chi connectivity index (χ3v) is 2.72. The van der Waals surface area contributed by atoms with Gasteiger partial charge in [-0.05, 0) is 11.8 Å². The van der Waals surface area contributed by atoms with Crippen LogP contribution in [0.4, 0.5) is 0 Å². The molecule has 0 aromatic heterocycles. The second-order valence-corrected chi connectivity index (χ2v) is 4.37. The van der Waals surface area contributed by atoms with E-state index in [1.165, 1.54) is 38.5 Å². The van der Waals surface area contributed by atoms with Gasteiger partial charge in [-0.25, -0.2) is 0 Å². The molecule has 0 radical (unpaired) electrons. The Morgan fingerprint density at radius 2 is 1.00 bits per heavy atom.